The molecule has 0 spiro atoms. The van der Waals surface area contributed by atoms with E-state index in [-0.39, 0.29) is 56.2 Å². The number of cyclic esters (lactones) is 1. The number of esters is 2. The van der Waals surface area contributed by atoms with Gasteiger partial charge in [-0.1, -0.05) is 84.0 Å². The molecule has 79 heavy (non-hydrogen) atoms. The summed E-state index contributed by atoms with van der Waals surface area (Å²) in [6.07, 6.45) is -13.5. The molecule has 1 amide bonds. The van der Waals surface area contributed by atoms with E-state index in [1.807, 2.05) is 78.9 Å². The minimum absolute atomic E-state index is 0.00973. The summed E-state index contributed by atoms with van der Waals surface area (Å²) < 4.78 is 70.4. The van der Waals surface area contributed by atoms with Crippen molar-refractivity contribution in [2.45, 2.75) is 220 Å². The second-order valence-electron chi connectivity index (χ2n) is 23.5. The molecule has 4 fully saturated rings. The quantitative estimate of drug-likeness (QED) is 0.0892. The van der Waals surface area contributed by atoms with Gasteiger partial charge in [0.1, 0.15) is 43.7 Å². The van der Waals surface area contributed by atoms with Crippen molar-refractivity contribution in [2.75, 3.05) is 41.5 Å². The first-order valence-electron chi connectivity index (χ1n) is 28.3. The minimum Gasteiger partial charge on any atom is -0.461 e. The van der Waals surface area contributed by atoms with Gasteiger partial charge >= 0.3 is 18.0 Å². The maximum atomic E-state index is 15.8. The van der Waals surface area contributed by atoms with Crippen molar-refractivity contribution in [3.63, 3.8) is 0 Å². The number of ketones is 1. The highest BCUT2D eigenvalue weighted by Crippen LogP contribution is 2.40. The van der Waals surface area contributed by atoms with Crippen molar-refractivity contribution < 1.29 is 86.3 Å². The SMILES string of the molecule is CON=C1C[C@@H](C)O[C@@H](O[C@@H]2[C@@H](C)[C@H](O[C@H]3C[C@H](C)N(C)C[C@H](C)O3)[C@@H](C)C(=O)O[C@H](C(C)CO[C@@H]3O[C@H](C)[C@@H](O)[C@@H](OC)[C@H]3OC)[C@H](C)[C@@H](OC(=O)CC(C)C)[C@@H](C)C(=O)[C@@](C)(OC(=O)NCc3ccccc3)C[C@@H]2C)[C@@H]1O. The van der Waals surface area contributed by atoms with Gasteiger partial charge in [-0.2, -0.15) is 0 Å². The highest BCUT2D eigenvalue weighted by Gasteiger charge is 2.53. The number of alkyl carbamates (subject to hydrolysis) is 1. The summed E-state index contributed by atoms with van der Waals surface area (Å²) in [5.74, 6) is -7.37. The lowest BCUT2D eigenvalue weighted by Crippen LogP contribution is -2.59. The number of methoxy groups -OCH3 is 2. The number of nitrogens with one attached hydrogen (secondary N) is 1. The number of ether oxygens (including phenoxy) is 11. The third kappa shape index (κ3) is 17.3. The average molecular weight is 1120 g/mol. The van der Waals surface area contributed by atoms with E-state index < -0.39 is 145 Å². The average Bonchev–Trinajstić information content (AvgIpc) is 3.55. The van der Waals surface area contributed by atoms with Crippen LogP contribution in [0.25, 0.3) is 0 Å². The van der Waals surface area contributed by atoms with E-state index in [9.17, 15) is 19.8 Å². The van der Waals surface area contributed by atoms with E-state index in [2.05, 4.69) is 22.3 Å². The smallest absolute Gasteiger partial charge is 0.408 e. The number of aliphatic hydroxyl groups excluding tert-OH is 2. The fourth-order valence-corrected chi connectivity index (χ4v) is 11.8. The Kier molecular flexibility index (Phi) is 25.0. The molecule has 1 aromatic rings. The number of hydrogen-bond donors (Lipinski definition) is 3. The highest BCUT2D eigenvalue weighted by molar-refractivity contribution is 5.91. The van der Waals surface area contributed by atoms with E-state index in [4.69, 9.17) is 56.9 Å². The maximum absolute atomic E-state index is 15.8. The Morgan fingerprint density at radius 2 is 1.49 bits per heavy atom. The Hall–Kier alpha value is -3.87. The van der Waals surface area contributed by atoms with Gasteiger partial charge in [-0.3, -0.25) is 14.4 Å². The summed E-state index contributed by atoms with van der Waals surface area (Å²) in [5.41, 5.74) is -0.873. The van der Waals surface area contributed by atoms with Crippen LogP contribution in [0.3, 0.4) is 0 Å². The summed E-state index contributed by atoms with van der Waals surface area (Å²) in [7, 11) is 6.31. The van der Waals surface area contributed by atoms with Gasteiger partial charge in [-0.05, 0) is 72.4 Å². The second kappa shape index (κ2) is 29.9. The zero-order valence-electron chi connectivity index (χ0n) is 49.9. The predicted octanol–water partition coefficient (Wildman–Crippen LogP) is 6.21. The molecule has 21 heteroatoms. The number of Topliss-reactive ketones (excluding diaryl/α,β-unsaturated/α-hetero) is 1. The molecule has 1 unspecified atom stereocenters. The second-order valence-corrected chi connectivity index (χ2v) is 23.5. The number of likely N-dealkylation sites (N-methyl/N-ethyl adjacent to an activating group) is 1. The van der Waals surface area contributed by atoms with E-state index in [0.29, 0.717) is 13.0 Å². The van der Waals surface area contributed by atoms with Crippen LogP contribution in [0.2, 0.25) is 0 Å². The van der Waals surface area contributed by atoms with Gasteiger partial charge in [0.05, 0.1) is 54.7 Å². The van der Waals surface area contributed by atoms with Crippen LogP contribution in [0.5, 0.6) is 0 Å². The predicted molar refractivity (Wildman–Crippen MR) is 290 cm³/mol. The molecule has 4 aliphatic rings. The Bertz CT molecular complexity index is 2120. The molecule has 22 atom stereocenters. The molecule has 3 N–H and O–H groups in total. The first-order chi connectivity index (χ1) is 37.2. The van der Waals surface area contributed by atoms with Crippen molar-refractivity contribution >= 4 is 29.5 Å². The molecule has 0 bridgehead atoms. The summed E-state index contributed by atoms with van der Waals surface area (Å²) in [6.45, 7) is 24.0. The van der Waals surface area contributed by atoms with Crippen molar-refractivity contribution in [3.8, 4) is 0 Å². The zero-order chi connectivity index (χ0) is 58.6. The molecule has 0 radical (unpaired) electrons. The van der Waals surface area contributed by atoms with Crippen molar-refractivity contribution in [1.82, 2.24) is 10.2 Å². The molecule has 0 aromatic heterocycles. The fraction of sp³-hybridized carbons (Fsp3) is 0.810. The Morgan fingerprint density at radius 3 is 2.13 bits per heavy atom. The van der Waals surface area contributed by atoms with E-state index in [1.54, 1.807) is 34.6 Å². The summed E-state index contributed by atoms with van der Waals surface area (Å²) in [4.78, 5) is 66.7. The van der Waals surface area contributed by atoms with E-state index in [0.717, 1.165) is 5.56 Å². The molecule has 450 valence electrons. The van der Waals surface area contributed by atoms with Crippen molar-refractivity contribution in [1.29, 1.82) is 0 Å². The van der Waals surface area contributed by atoms with Crippen LogP contribution < -0.4 is 5.32 Å². The van der Waals surface area contributed by atoms with Crippen LogP contribution in [-0.2, 0) is 77.9 Å². The molecular formula is C58H95N3O18. The largest absolute Gasteiger partial charge is 0.461 e. The highest BCUT2D eigenvalue weighted by atomic mass is 16.7. The van der Waals surface area contributed by atoms with Crippen molar-refractivity contribution in [3.05, 3.63) is 35.9 Å². The van der Waals surface area contributed by atoms with Gasteiger partial charge in [0.25, 0.3) is 0 Å². The van der Waals surface area contributed by atoms with Crippen LogP contribution in [0.15, 0.2) is 35.5 Å². The number of carbonyl (C=O) groups is 4. The van der Waals surface area contributed by atoms with Crippen LogP contribution in [0.1, 0.15) is 121 Å². The van der Waals surface area contributed by atoms with Gasteiger partial charge in [0.15, 0.2) is 30.3 Å². The number of rotatable bonds is 17. The molecule has 4 heterocycles. The van der Waals surface area contributed by atoms with E-state index >= 15 is 9.59 Å². The monoisotopic (exact) mass is 1120 g/mol. The number of hydrogen-bond acceptors (Lipinski definition) is 20. The Balaban J connectivity index is 1.70. The van der Waals surface area contributed by atoms with Gasteiger partial charge in [0.2, 0.25) is 0 Å². The van der Waals surface area contributed by atoms with Crippen molar-refractivity contribution in [2.24, 2.45) is 46.6 Å². The third-order valence-electron chi connectivity index (χ3n) is 16.2. The van der Waals surface area contributed by atoms with Crippen LogP contribution in [0.4, 0.5) is 4.79 Å². The number of amides is 1. The number of nitrogens with zero attached hydrogens (tertiary/aromatic N) is 2. The lowest BCUT2D eigenvalue weighted by atomic mass is 9.74. The summed E-state index contributed by atoms with van der Waals surface area (Å²) in [6, 6.07) is 9.25. The normalized spacial score (nSPS) is 39.5. The molecule has 5 rings (SSSR count). The molecule has 0 saturated carbocycles. The Morgan fingerprint density at radius 1 is 0.823 bits per heavy atom. The van der Waals surface area contributed by atoms with Gasteiger partial charge in [-0.15, -0.1) is 0 Å². The zero-order valence-corrected chi connectivity index (χ0v) is 49.9. The first-order valence-corrected chi connectivity index (χ1v) is 28.3. The van der Waals surface area contributed by atoms with Gasteiger partial charge in [-0.25, -0.2) is 4.79 Å². The topological polar surface area (TPSA) is 247 Å². The van der Waals surface area contributed by atoms with Gasteiger partial charge < -0.3 is 77.4 Å². The van der Waals surface area contributed by atoms with Crippen LogP contribution in [-0.4, -0.2) is 184 Å². The maximum Gasteiger partial charge on any atom is 0.408 e. The summed E-state index contributed by atoms with van der Waals surface area (Å²) in [5, 5.41) is 29.7. The standard InChI is InChI=1S/C58H95N3O18/c1-30(2)23-43(62)75-49-37(9)48(32(4)29-71-56-52(69-16)51(68-15)45(63)40(12)74-56)77-54(66)39(11)50(76-44-24-33(5)61(14)28-35(7)72-44)36(8)47(78-55-46(64)42(60-70-17)25-34(6)73-55)31(3)26-58(13,53(65)38(49)10)79-57(67)59-27-41-21-19-18-20-22-41/h18-22,30-40,44-52,55-56,63-64H,23-29H2,1-17H3,(H,59,67)/t31-,32?,33-,34+,35-,36+,37-,38+,39+,40+,44-,45+,46+,47-,48+,49+,50-,51+,52+,55-,56+,58-/m0/s1. The molecule has 4 aliphatic heterocycles. The minimum atomic E-state index is -1.95. The number of oxime groups is 1. The van der Waals surface area contributed by atoms with Gasteiger partial charge in [0, 0.05) is 70.4 Å². The first kappa shape index (κ1) is 65.9. The summed E-state index contributed by atoms with van der Waals surface area (Å²) >= 11 is 0. The lowest BCUT2D eigenvalue weighted by molar-refractivity contribution is -0.305. The molecule has 0 aliphatic carbocycles. The lowest BCUT2D eigenvalue weighted by Gasteiger charge is -2.45. The number of benzene rings is 1. The van der Waals surface area contributed by atoms with Crippen LogP contribution >= 0.6 is 0 Å². The Labute approximate surface area is 468 Å². The molecule has 4 saturated heterocycles. The fourth-order valence-electron chi connectivity index (χ4n) is 11.8. The third-order valence-corrected chi connectivity index (χ3v) is 16.2. The number of aliphatic hydroxyl groups is 2. The van der Waals surface area contributed by atoms with E-state index in [1.165, 1.54) is 28.3 Å². The molecule has 1 aromatic carbocycles. The molecular weight excluding hydrogens is 1030 g/mol. The molecule has 21 nitrogen and oxygen atoms in total. The van der Waals surface area contributed by atoms with Crippen LogP contribution in [0, 0.1) is 41.4 Å². The number of carbonyl (C=O) groups excluding carboxylic acids is 4.